The second-order valence-corrected chi connectivity index (χ2v) is 7.15. The van der Waals surface area contributed by atoms with E-state index in [1.54, 1.807) is 0 Å². The van der Waals surface area contributed by atoms with Crippen LogP contribution in [0.5, 0.6) is 0 Å². The lowest BCUT2D eigenvalue weighted by Gasteiger charge is -2.49. The highest BCUT2D eigenvalue weighted by Crippen LogP contribution is 2.50. The van der Waals surface area contributed by atoms with Crippen molar-refractivity contribution >= 4 is 5.78 Å². The van der Waals surface area contributed by atoms with Crippen molar-refractivity contribution in [2.24, 2.45) is 41.4 Å². The Kier molecular flexibility index (Phi) is 3.66. The zero-order valence-corrected chi connectivity index (χ0v) is 12.1. The Balaban J connectivity index is 2.21. The van der Waals surface area contributed by atoms with E-state index in [9.17, 15) is 4.79 Å². The van der Waals surface area contributed by atoms with Crippen LogP contribution in [-0.2, 0) is 4.79 Å². The monoisotopic (exact) mass is 236 g/mol. The lowest BCUT2D eigenvalue weighted by atomic mass is 9.54. The Morgan fingerprint density at radius 2 is 1.82 bits per heavy atom. The van der Waals surface area contributed by atoms with E-state index in [4.69, 9.17) is 0 Å². The fraction of sp³-hybridized carbons (Fsp3) is 0.938. The summed E-state index contributed by atoms with van der Waals surface area (Å²) in [6.07, 6.45) is 3.57. The van der Waals surface area contributed by atoms with Gasteiger partial charge >= 0.3 is 0 Å². The molecule has 17 heavy (non-hydrogen) atoms. The van der Waals surface area contributed by atoms with Crippen molar-refractivity contribution in [3.8, 4) is 0 Å². The maximum atomic E-state index is 12.4. The van der Waals surface area contributed by atoms with Crippen LogP contribution in [0.4, 0.5) is 0 Å². The van der Waals surface area contributed by atoms with Crippen molar-refractivity contribution in [1.29, 1.82) is 0 Å². The summed E-state index contributed by atoms with van der Waals surface area (Å²) >= 11 is 0. The Hall–Kier alpha value is -0.330. The molecule has 2 fully saturated rings. The molecular weight excluding hydrogens is 208 g/mol. The van der Waals surface area contributed by atoms with Crippen molar-refractivity contribution in [3.63, 3.8) is 0 Å². The molecule has 0 aromatic heterocycles. The number of ketones is 1. The maximum absolute atomic E-state index is 12.4. The molecule has 2 aliphatic rings. The number of fused-ring (bicyclic) bond motifs is 2. The molecule has 0 aromatic carbocycles. The van der Waals surface area contributed by atoms with Gasteiger partial charge in [0.05, 0.1) is 0 Å². The average Bonchev–Trinajstić information content (AvgIpc) is 2.26. The molecule has 0 heterocycles. The summed E-state index contributed by atoms with van der Waals surface area (Å²) in [6.45, 7) is 11.5. The van der Waals surface area contributed by atoms with E-state index in [1.807, 2.05) is 0 Å². The first-order valence-electron chi connectivity index (χ1n) is 7.45. The summed E-state index contributed by atoms with van der Waals surface area (Å²) in [5.74, 6) is 5.01. The smallest absolute Gasteiger partial charge is 0.139 e. The molecule has 0 N–H and O–H groups in total. The molecule has 6 atom stereocenters. The molecule has 0 aliphatic heterocycles. The number of carbonyl (C=O) groups excluding carboxylic acids is 1. The van der Waals surface area contributed by atoms with E-state index in [2.05, 4.69) is 34.6 Å². The van der Waals surface area contributed by atoms with Gasteiger partial charge in [-0.15, -0.1) is 0 Å². The third-order valence-corrected chi connectivity index (χ3v) is 5.57. The molecule has 0 spiro atoms. The number of hydrogen-bond donors (Lipinski definition) is 0. The Bertz CT molecular complexity index is 294. The van der Waals surface area contributed by atoms with E-state index in [-0.39, 0.29) is 0 Å². The molecule has 0 radical (unpaired) electrons. The van der Waals surface area contributed by atoms with E-state index in [0.717, 1.165) is 30.1 Å². The quantitative estimate of drug-likeness (QED) is 0.703. The van der Waals surface area contributed by atoms with Crippen LogP contribution in [0.25, 0.3) is 0 Å². The summed E-state index contributed by atoms with van der Waals surface area (Å²) in [5.41, 5.74) is 0. The maximum Gasteiger partial charge on any atom is 0.139 e. The fourth-order valence-corrected chi connectivity index (χ4v) is 4.40. The predicted molar refractivity (Wildman–Crippen MR) is 71.7 cm³/mol. The largest absolute Gasteiger partial charge is 0.299 e. The first-order chi connectivity index (χ1) is 7.91. The molecule has 0 saturated heterocycles. The first kappa shape index (κ1) is 13.1. The van der Waals surface area contributed by atoms with Crippen molar-refractivity contribution in [2.75, 3.05) is 0 Å². The van der Waals surface area contributed by atoms with Crippen LogP contribution in [0.15, 0.2) is 0 Å². The van der Waals surface area contributed by atoms with Crippen LogP contribution in [0, 0.1) is 41.4 Å². The normalized spacial score (nSPS) is 46.4. The SMILES string of the molecule is CC(C)CC1C(C)C(=O)C2CC(C)C(C)C1C2. The minimum atomic E-state index is 0.316. The third kappa shape index (κ3) is 2.30. The summed E-state index contributed by atoms with van der Waals surface area (Å²) in [7, 11) is 0. The second kappa shape index (κ2) is 4.74. The van der Waals surface area contributed by atoms with Gasteiger partial charge in [0.25, 0.3) is 0 Å². The number of carbonyl (C=O) groups is 1. The highest BCUT2D eigenvalue weighted by Gasteiger charge is 2.47. The van der Waals surface area contributed by atoms with Gasteiger partial charge in [-0.25, -0.2) is 0 Å². The van der Waals surface area contributed by atoms with Crippen LogP contribution in [0.3, 0.4) is 0 Å². The van der Waals surface area contributed by atoms with Gasteiger partial charge in [-0.05, 0) is 48.9 Å². The van der Waals surface area contributed by atoms with Crippen molar-refractivity contribution in [1.82, 2.24) is 0 Å². The highest BCUT2D eigenvalue weighted by molar-refractivity contribution is 5.84. The van der Waals surface area contributed by atoms with Gasteiger partial charge in [-0.2, -0.15) is 0 Å². The van der Waals surface area contributed by atoms with Crippen LogP contribution in [0.2, 0.25) is 0 Å². The lowest BCUT2D eigenvalue weighted by molar-refractivity contribution is -0.139. The average molecular weight is 236 g/mol. The van der Waals surface area contributed by atoms with E-state index in [0.29, 0.717) is 23.5 Å². The summed E-state index contributed by atoms with van der Waals surface area (Å²) in [6, 6.07) is 0. The summed E-state index contributed by atoms with van der Waals surface area (Å²) in [5, 5.41) is 0. The van der Waals surface area contributed by atoms with Crippen LogP contribution < -0.4 is 0 Å². The first-order valence-corrected chi connectivity index (χ1v) is 7.45. The van der Waals surface area contributed by atoms with Gasteiger partial charge in [0.1, 0.15) is 5.78 Å². The Morgan fingerprint density at radius 1 is 1.18 bits per heavy atom. The molecule has 2 aliphatic carbocycles. The molecule has 2 rings (SSSR count). The fourth-order valence-electron chi connectivity index (χ4n) is 4.40. The zero-order chi connectivity index (χ0) is 12.7. The van der Waals surface area contributed by atoms with Gasteiger partial charge in [0, 0.05) is 11.8 Å². The topological polar surface area (TPSA) is 17.1 Å². The standard InChI is InChI=1S/C16H28O/c1-9(2)6-14-12(5)16(17)13-7-10(3)11(4)15(14)8-13/h9-15H,6-8H2,1-5H3. The molecule has 2 bridgehead atoms. The van der Waals surface area contributed by atoms with Crippen molar-refractivity contribution in [3.05, 3.63) is 0 Å². The van der Waals surface area contributed by atoms with E-state index >= 15 is 0 Å². The zero-order valence-electron chi connectivity index (χ0n) is 12.1. The van der Waals surface area contributed by atoms with Crippen LogP contribution in [-0.4, -0.2) is 5.78 Å². The van der Waals surface area contributed by atoms with E-state index < -0.39 is 0 Å². The van der Waals surface area contributed by atoms with Gasteiger partial charge in [-0.3, -0.25) is 4.79 Å². The van der Waals surface area contributed by atoms with Crippen LogP contribution in [0.1, 0.15) is 53.9 Å². The number of Topliss-reactive ketones (excluding diaryl/α,β-unsaturated/α-hetero) is 1. The van der Waals surface area contributed by atoms with Gasteiger partial charge in [-0.1, -0.05) is 34.6 Å². The minimum absolute atomic E-state index is 0.316. The molecule has 1 heteroatoms. The minimum Gasteiger partial charge on any atom is -0.299 e. The number of hydrogen-bond acceptors (Lipinski definition) is 1. The summed E-state index contributed by atoms with van der Waals surface area (Å²) in [4.78, 5) is 12.4. The molecule has 0 aromatic rings. The molecule has 6 unspecified atom stereocenters. The number of rotatable bonds is 2. The van der Waals surface area contributed by atoms with Crippen LogP contribution >= 0.6 is 0 Å². The molecule has 0 amide bonds. The Labute approximate surface area is 106 Å². The van der Waals surface area contributed by atoms with Crippen molar-refractivity contribution in [2.45, 2.75) is 53.9 Å². The molecule has 2 saturated carbocycles. The second-order valence-electron chi connectivity index (χ2n) is 7.15. The third-order valence-electron chi connectivity index (χ3n) is 5.57. The molecular formula is C16H28O. The summed E-state index contributed by atoms with van der Waals surface area (Å²) < 4.78 is 0. The lowest BCUT2D eigenvalue weighted by Crippen LogP contribution is -2.47. The van der Waals surface area contributed by atoms with Gasteiger partial charge < -0.3 is 0 Å². The Morgan fingerprint density at radius 3 is 2.41 bits per heavy atom. The van der Waals surface area contributed by atoms with Gasteiger partial charge in [0.15, 0.2) is 0 Å². The molecule has 98 valence electrons. The highest BCUT2D eigenvalue weighted by atomic mass is 16.1. The molecule has 1 nitrogen and oxygen atoms in total. The predicted octanol–water partition coefficient (Wildman–Crippen LogP) is 4.17. The van der Waals surface area contributed by atoms with Gasteiger partial charge in [0.2, 0.25) is 0 Å². The van der Waals surface area contributed by atoms with Crippen molar-refractivity contribution < 1.29 is 4.79 Å². The van der Waals surface area contributed by atoms with E-state index in [1.165, 1.54) is 12.8 Å².